The Morgan fingerprint density at radius 1 is 1.22 bits per heavy atom. The number of likely N-dealkylation sites (N-methyl/N-ethyl adjacent to an activating group) is 1. The van der Waals surface area contributed by atoms with Crippen LogP contribution in [-0.2, 0) is 11.2 Å². The zero-order valence-electron chi connectivity index (χ0n) is 18.4. The highest BCUT2D eigenvalue weighted by Gasteiger charge is 2.24. The second kappa shape index (κ2) is 9.95. The molecule has 170 valence electrons. The molecule has 2 heterocycles. The van der Waals surface area contributed by atoms with Gasteiger partial charge in [-0.15, -0.1) is 0 Å². The van der Waals surface area contributed by atoms with Gasteiger partial charge in [-0.05, 0) is 36.8 Å². The van der Waals surface area contributed by atoms with Gasteiger partial charge in [0, 0.05) is 44.9 Å². The number of benzene rings is 1. The number of primary amides is 1. The van der Waals surface area contributed by atoms with E-state index in [9.17, 15) is 9.59 Å². The van der Waals surface area contributed by atoms with Crippen molar-refractivity contribution in [3.63, 3.8) is 0 Å². The number of morpholine rings is 1. The van der Waals surface area contributed by atoms with E-state index in [1.54, 1.807) is 18.2 Å². The third kappa shape index (κ3) is 5.53. The van der Waals surface area contributed by atoms with E-state index in [1.807, 2.05) is 24.1 Å². The molecular weight excluding hydrogens is 408 g/mol. The molecule has 0 unspecified atom stereocenters. The molecule has 4 rings (SSSR count). The van der Waals surface area contributed by atoms with Gasteiger partial charge in [-0.1, -0.05) is 18.2 Å². The quantitative estimate of drug-likeness (QED) is 0.605. The molecule has 0 radical (unpaired) electrons. The molecular formula is C23H30N6O3. The van der Waals surface area contributed by atoms with Crippen molar-refractivity contribution in [2.24, 2.45) is 11.7 Å². The van der Waals surface area contributed by atoms with Crippen LogP contribution in [0.3, 0.4) is 0 Å². The van der Waals surface area contributed by atoms with Crippen LogP contribution in [0, 0.1) is 5.92 Å². The lowest BCUT2D eigenvalue weighted by molar-refractivity contribution is 0.0945. The minimum Gasteiger partial charge on any atom is -0.378 e. The summed E-state index contributed by atoms with van der Waals surface area (Å²) in [7, 11) is 1.89. The van der Waals surface area contributed by atoms with E-state index < -0.39 is 5.91 Å². The van der Waals surface area contributed by atoms with Crippen LogP contribution in [-0.4, -0.2) is 68.2 Å². The summed E-state index contributed by atoms with van der Waals surface area (Å²) in [5, 5.41) is 2.99. The van der Waals surface area contributed by atoms with Crippen LogP contribution in [0.5, 0.6) is 0 Å². The molecule has 1 aliphatic carbocycles. The van der Waals surface area contributed by atoms with Crippen LogP contribution in [0.1, 0.15) is 39.3 Å². The Labute approximate surface area is 188 Å². The number of ether oxygens (including phenoxy) is 1. The molecule has 32 heavy (non-hydrogen) atoms. The predicted molar refractivity (Wildman–Crippen MR) is 122 cm³/mol. The van der Waals surface area contributed by atoms with Crippen LogP contribution in [0.4, 0.5) is 11.8 Å². The van der Waals surface area contributed by atoms with Crippen molar-refractivity contribution in [1.29, 1.82) is 0 Å². The van der Waals surface area contributed by atoms with Gasteiger partial charge in [0.1, 0.15) is 11.5 Å². The molecule has 0 bridgehead atoms. The van der Waals surface area contributed by atoms with Crippen LogP contribution >= 0.6 is 0 Å². The number of carbonyl (C=O) groups excluding carboxylic acids is 2. The van der Waals surface area contributed by atoms with Crippen LogP contribution in [0.15, 0.2) is 30.3 Å². The van der Waals surface area contributed by atoms with Gasteiger partial charge in [0.2, 0.25) is 11.9 Å². The SMILES string of the molecule is CN(CCc1ccccc1C(N)=O)c1nc(C(=O)NCC2CC2)cc(N2CCOCC2)n1. The first-order valence-electron chi connectivity index (χ1n) is 11.1. The number of rotatable bonds is 9. The average molecular weight is 439 g/mol. The Kier molecular flexibility index (Phi) is 6.84. The van der Waals surface area contributed by atoms with Gasteiger partial charge in [0.15, 0.2) is 0 Å². The Balaban J connectivity index is 1.53. The van der Waals surface area contributed by atoms with Crippen molar-refractivity contribution in [3.8, 4) is 0 Å². The summed E-state index contributed by atoms with van der Waals surface area (Å²) in [5.74, 6) is 1.17. The molecule has 2 amide bonds. The second-order valence-electron chi connectivity index (χ2n) is 8.36. The monoisotopic (exact) mass is 438 g/mol. The normalized spacial score (nSPS) is 16.0. The van der Waals surface area contributed by atoms with E-state index in [1.165, 1.54) is 12.8 Å². The highest BCUT2D eigenvalue weighted by Crippen LogP contribution is 2.27. The topological polar surface area (TPSA) is 114 Å². The number of nitrogens with one attached hydrogen (secondary N) is 1. The van der Waals surface area contributed by atoms with Crippen LogP contribution < -0.4 is 20.9 Å². The number of hydrogen-bond acceptors (Lipinski definition) is 7. The predicted octanol–water partition coefficient (Wildman–Crippen LogP) is 1.23. The zero-order chi connectivity index (χ0) is 22.5. The minimum atomic E-state index is -0.441. The smallest absolute Gasteiger partial charge is 0.270 e. The van der Waals surface area contributed by atoms with Crippen LogP contribution in [0.2, 0.25) is 0 Å². The Hall–Kier alpha value is -3.20. The van der Waals surface area contributed by atoms with E-state index >= 15 is 0 Å². The van der Waals surface area contributed by atoms with E-state index in [0.717, 1.165) is 24.5 Å². The van der Waals surface area contributed by atoms with Gasteiger partial charge >= 0.3 is 0 Å². The Bertz CT molecular complexity index is 972. The third-order valence-corrected chi connectivity index (χ3v) is 5.86. The number of anilines is 2. The summed E-state index contributed by atoms with van der Waals surface area (Å²) in [4.78, 5) is 37.8. The van der Waals surface area contributed by atoms with Crippen molar-refractivity contribution < 1.29 is 14.3 Å². The first-order chi connectivity index (χ1) is 15.5. The number of nitrogens with zero attached hydrogens (tertiary/aromatic N) is 4. The van der Waals surface area contributed by atoms with Crippen molar-refractivity contribution in [2.75, 3.05) is 56.2 Å². The fraction of sp³-hybridized carbons (Fsp3) is 0.478. The molecule has 1 saturated carbocycles. The second-order valence-corrected chi connectivity index (χ2v) is 8.36. The maximum atomic E-state index is 12.8. The fourth-order valence-corrected chi connectivity index (χ4v) is 3.68. The van der Waals surface area contributed by atoms with Gasteiger partial charge in [-0.3, -0.25) is 9.59 Å². The lowest BCUT2D eigenvalue weighted by atomic mass is 10.0. The molecule has 2 aromatic rings. The van der Waals surface area contributed by atoms with Gasteiger partial charge in [-0.25, -0.2) is 4.98 Å². The number of aromatic nitrogens is 2. The van der Waals surface area contributed by atoms with Crippen molar-refractivity contribution in [1.82, 2.24) is 15.3 Å². The molecule has 1 aromatic carbocycles. The van der Waals surface area contributed by atoms with E-state index in [2.05, 4.69) is 15.2 Å². The molecule has 1 saturated heterocycles. The Morgan fingerprint density at radius 3 is 2.69 bits per heavy atom. The fourth-order valence-electron chi connectivity index (χ4n) is 3.68. The average Bonchev–Trinajstić information content (AvgIpc) is 3.66. The van der Waals surface area contributed by atoms with Gasteiger partial charge < -0.3 is 25.6 Å². The molecule has 2 fully saturated rings. The summed E-state index contributed by atoms with van der Waals surface area (Å²) in [6.45, 7) is 3.94. The van der Waals surface area contributed by atoms with Gasteiger partial charge in [0.25, 0.3) is 5.91 Å². The third-order valence-electron chi connectivity index (χ3n) is 5.86. The zero-order valence-corrected chi connectivity index (χ0v) is 18.4. The molecule has 9 heteroatoms. The van der Waals surface area contributed by atoms with Gasteiger partial charge in [-0.2, -0.15) is 4.98 Å². The molecule has 1 aliphatic heterocycles. The van der Waals surface area contributed by atoms with Gasteiger partial charge in [0.05, 0.1) is 13.2 Å². The molecule has 9 nitrogen and oxygen atoms in total. The molecule has 0 atom stereocenters. The number of nitrogens with two attached hydrogens (primary N) is 1. The maximum Gasteiger partial charge on any atom is 0.270 e. The summed E-state index contributed by atoms with van der Waals surface area (Å²) >= 11 is 0. The maximum absolute atomic E-state index is 12.8. The van der Waals surface area contributed by atoms with Crippen molar-refractivity contribution >= 4 is 23.6 Å². The van der Waals surface area contributed by atoms with Crippen molar-refractivity contribution in [2.45, 2.75) is 19.3 Å². The Morgan fingerprint density at radius 2 is 1.97 bits per heavy atom. The largest absolute Gasteiger partial charge is 0.378 e. The van der Waals surface area contributed by atoms with E-state index in [4.69, 9.17) is 15.5 Å². The lowest BCUT2D eigenvalue weighted by Gasteiger charge is -2.29. The molecule has 2 aliphatic rings. The first-order valence-corrected chi connectivity index (χ1v) is 11.1. The molecule has 1 aromatic heterocycles. The lowest BCUT2D eigenvalue weighted by Crippen LogP contribution is -2.37. The van der Waals surface area contributed by atoms with E-state index in [-0.39, 0.29) is 5.91 Å². The highest BCUT2D eigenvalue weighted by molar-refractivity contribution is 5.94. The highest BCUT2D eigenvalue weighted by atomic mass is 16.5. The van der Waals surface area contributed by atoms with Crippen LogP contribution in [0.25, 0.3) is 0 Å². The summed E-state index contributed by atoms with van der Waals surface area (Å²) in [5.41, 5.74) is 7.26. The number of hydrogen-bond donors (Lipinski definition) is 2. The summed E-state index contributed by atoms with van der Waals surface area (Å²) in [6, 6.07) is 9.08. The van der Waals surface area contributed by atoms with Crippen molar-refractivity contribution in [3.05, 3.63) is 47.2 Å². The first kappa shape index (κ1) is 22.0. The molecule has 3 N–H and O–H groups in total. The number of amides is 2. The molecule has 0 spiro atoms. The minimum absolute atomic E-state index is 0.178. The summed E-state index contributed by atoms with van der Waals surface area (Å²) in [6.07, 6.45) is 2.94. The number of carbonyl (C=O) groups is 2. The standard InChI is InChI=1S/C23H30N6O3/c1-28(9-8-17-4-2-3-5-18(17)21(24)30)23-26-19(22(31)25-15-16-6-7-16)14-20(27-23)29-10-12-32-13-11-29/h2-5,14,16H,6-13,15H2,1H3,(H2,24,30)(H,25,31). The summed E-state index contributed by atoms with van der Waals surface area (Å²) < 4.78 is 5.45. The van der Waals surface area contributed by atoms with E-state index in [0.29, 0.717) is 55.8 Å².